The third-order valence-electron chi connectivity index (χ3n) is 1.16. The first-order valence-electron chi connectivity index (χ1n) is 3.66. The van der Waals surface area contributed by atoms with Crippen molar-refractivity contribution in [1.29, 1.82) is 0 Å². The van der Waals surface area contributed by atoms with Gasteiger partial charge >= 0.3 is 0 Å². The number of ether oxygens (including phenoxy) is 1. The van der Waals surface area contributed by atoms with Crippen LogP contribution < -0.4 is 5.32 Å². The quantitative estimate of drug-likeness (QED) is 0.598. The summed E-state index contributed by atoms with van der Waals surface area (Å²) in [6.07, 6.45) is 0. The Morgan fingerprint density at radius 2 is 1.40 bits per heavy atom. The minimum Gasteiger partial charge on any atom is -0.356 e. The fourth-order valence-electron chi connectivity index (χ4n) is 0.816. The molecule has 0 unspecified atom stereocenters. The summed E-state index contributed by atoms with van der Waals surface area (Å²) in [6.45, 7) is 10.2. The van der Waals surface area contributed by atoms with E-state index < -0.39 is 0 Å². The highest BCUT2D eigenvalue weighted by atomic mass is 16.5. The third kappa shape index (κ3) is 4.77. The zero-order chi connectivity index (χ0) is 8.41. The van der Waals surface area contributed by atoms with Gasteiger partial charge in [0, 0.05) is 0 Å². The predicted octanol–water partition coefficient (Wildman–Crippen LogP) is 1.76. The first kappa shape index (κ1) is 9.92. The number of hydrogen-bond donors (Lipinski definition) is 1. The molecular formula is C8H19NO. The second-order valence-corrected chi connectivity index (χ2v) is 3.97. The van der Waals surface area contributed by atoms with Gasteiger partial charge in [-0.2, -0.15) is 0 Å². The highest BCUT2D eigenvalue weighted by Crippen LogP contribution is 2.16. The molecule has 0 bridgehead atoms. The van der Waals surface area contributed by atoms with Crippen LogP contribution in [0.2, 0.25) is 0 Å². The van der Waals surface area contributed by atoms with Crippen molar-refractivity contribution in [1.82, 2.24) is 5.32 Å². The van der Waals surface area contributed by atoms with Gasteiger partial charge in [-0.15, -0.1) is 0 Å². The Kier molecular flexibility index (Phi) is 2.86. The summed E-state index contributed by atoms with van der Waals surface area (Å²) < 4.78 is 5.66. The van der Waals surface area contributed by atoms with E-state index in [4.69, 9.17) is 4.74 Å². The van der Waals surface area contributed by atoms with Crippen LogP contribution in [0.25, 0.3) is 0 Å². The predicted molar refractivity (Wildman–Crippen MR) is 44.0 cm³/mol. The molecule has 2 nitrogen and oxygen atoms in total. The summed E-state index contributed by atoms with van der Waals surface area (Å²) in [5, 5.41) is 3.08. The van der Waals surface area contributed by atoms with E-state index in [1.54, 1.807) is 0 Å². The van der Waals surface area contributed by atoms with Crippen molar-refractivity contribution in [2.75, 3.05) is 7.05 Å². The molecule has 62 valence electrons. The zero-order valence-corrected chi connectivity index (χ0v) is 7.91. The van der Waals surface area contributed by atoms with Crippen molar-refractivity contribution in [2.45, 2.75) is 45.9 Å². The van der Waals surface area contributed by atoms with Crippen molar-refractivity contribution in [3.05, 3.63) is 0 Å². The third-order valence-corrected chi connectivity index (χ3v) is 1.16. The van der Waals surface area contributed by atoms with Gasteiger partial charge in [-0.1, -0.05) is 0 Å². The lowest BCUT2D eigenvalue weighted by atomic mass is 10.1. The average Bonchev–Trinajstić information content (AvgIpc) is 1.60. The van der Waals surface area contributed by atoms with Gasteiger partial charge < -0.3 is 4.74 Å². The van der Waals surface area contributed by atoms with E-state index in [1.807, 2.05) is 41.7 Å². The van der Waals surface area contributed by atoms with E-state index in [-0.39, 0.29) is 11.3 Å². The van der Waals surface area contributed by atoms with Crippen LogP contribution >= 0.6 is 0 Å². The molecule has 0 rings (SSSR count). The lowest BCUT2D eigenvalue weighted by molar-refractivity contribution is -0.126. The van der Waals surface area contributed by atoms with Gasteiger partial charge in [0.2, 0.25) is 0 Å². The molecular weight excluding hydrogens is 126 g/mol. The monoisotopic (exact) mass is 145 g/mol. The lowest BCUT2D eigenvalue weighted by Gasteiger charge is -2.33. The molecule has 0 aromatic heterocycles. The van der Waals surface area contributed by atoms with Gasteiger partial charge in [-0.3, -0.25) is 5.32 Å². The summed E-state index contributed by atoms with van der Waals surface area (Å²) >= 11 is 0. The van der Waals surface area contributed by atoms with Gasteiger partial charge in [-0.05, 0) is 41.7 Å². The Labute approximate surface area is 64.0 Å². The van der Waals surface area contributed by atoms with Crippen molar-refractivity contribution < 1.29 is 4.74 Å². The average molecular weight is 145 g/mol. The van der Waals surface area contributed by atoms with E-state index in [0.29, 0.717) is 0 Å². The minimum atomic E-state index is -0.224. The summed E-state index contributed by atoms with van der Waals surface area (Å²) in [5.74, 6) is 0. The Morgan fingerprint density at radius 3 is 1.50 bits per heavy atom. The second-order valence-electron chi connectivity index (χ2n) is 3.97. The smallest absolute Gasteiger partial charge is 0.114 e. The fourth-order valence-corrected chi connectivity index (χ4v) is 0.816. The van der Waals surface area contributed by atoms with Crippen molar-refractivity contribution in [3.8, 4) is 0 Å². The van der Waals surface area contributed by atoms with Crippen molar-refractivity contribution in [2.24, 2.45) is 0 Å². The topological polar surface area (TPSA) is 21.3 Å². The maximum atomic E-state index is 5.66. The highest BCUT2D eigenvalue weighted by molar-refractivity contribution is 4.69. The molecule has 0 radical (unpaired) electrons. The van der Waals surface area contributed by atoms with Crippen molar-refractivity contribution in [3.63, 3.8) is 0 Å². The van der Waals surface area contributed by atoms with E-state index in [2.05, 4.69) is 5.32 Å². The molecule has 0 heterocycles. The molecule has 0 fully saturated rings. The van der Waals surface area contributed by atoms with Gasteiger partial charge in [0.1, 0.15) is 5.72 Å². The molecule has 0 aliphatic carbocycles. The van der Waals surface area contributed by atoms with Crippen LogP contribution in [-0.4, -0.2) is 18.4 Å². The molecule has 0 aliphatic rings. The van der Waals surface area contributed by atoms with Gasteiger partial charge in [0.25, 0.3) is 0 Å². The molecule has 10 heavy (non-hydrogen) atoms. The van der Waals surface area contributed by atoms with Crippen LogP contribution in [0.3, 0.4) is 0 Å². The van der Waals surface area contributed by atoms with Crippen LogP contribution in [0, 0.1) is 0 Å². The zero-order valence-electron chi connectivity index (χ0n) is 7.91. The van der Waals surface area contributed by atoms with E-state index in [9.17, 15) is 0 Å². The highest BCUT2D eigenvalue weighted by Gasteiger charge is 2.23. The molecule has 0 saturated heterocycles. The molecule has 0 atom stereocenters. The largest absolute Gasteiger partial charge is 0.356 e. The maximum absolute atomic E-state index is 5.66. The lowest BCUT2D eigenvalue weighted by Crippen LogP contribution is -2.44. The van der Waals surface area contributed by atoms with Crippen LogP contribution in [-0.2, 0) is 4.74 Å². The summed E-state index contributed by atoms with van der Waals surface area (Å²) in [6, 6.07) is 0. The molecule has 2 heteroatoms. The van der Waals surface area contributed by atoms with Crippen molar-refractivity contribution >= 4 is 0 Å². The molecule has 0 aromatic carbocycles. The Morgan fingerprint density at radius 1 is 1.00 bits per heavy atom. The number of rotatable bonds is 2. The summed E-state index contributed by atoms with van der Waals surface area (Å²) in [7, 11) is 1.89. The number of hydrogen-bond acceptors (Lipinski definition) is 2. The van der Waals surface area contributed by atoms with E-state index >= 15 is 0 Å². The first-order valence-corrected chi connectivity index (χ1v) is 3.66. The van der Waals surface area contributed by atoms with Gasteiger partial charge in [0.05, 0.1) is 5.60 Å². The second kappa shape index (κ2) is 2.89. The molecule has 0 amide bonds. The first-order chi connectivity index (χ1) is 4.27. The molecule has 0 saturated carbocycles. The van der Waals surface area contributed by atoms with Crippen LogP contribution in [0.5, 0.6) is 0 Å². The van der Waals surface area contributed by atoms with E-state index in [0.717, 1.165) is 0 Å². The molecule has 0 aromatic rings. The Hall–Kier alpha value is -0.0800. The summed E-state index contributed by atoms with van der Waals surface area (Å²) in [4.78, 5) is 0. The van der Waals surface area contributed by atoms with Crippen LogP contribution in [0.1, 0.15) is 34.6 Å². The number of nitrogens with one attached hydrogen (secondary N) is 1. The van der Waals surface area contributed by atoms with Crippen LogP contribution in [0.4, 0.5) is 0 Å². The van der Waals surface area contributed by atoms with Crippen LogP contribution in [0.15, 0.2) is 0 Å². The Balaban J connectivity index is 3.89. The Bertz CT molecular complexity index is 102. The van der Waals surface area contributed by atoms with Gasteiger partial charge in [-0.25, -0.2) is 0 Å². The standard InChI is InChI=1S/C8H19NO/c1-7(2,3)10-8(4,5)9-6/h9H,1-6H3. The fraction of sp³-hybridized carbons (Fsp3) is 1.00. The van der Waals surface area contributed by atoms with E-state index in [1.165, 1.54) is 0 Å². The maximum Gasteiger partial charge on any atom is 0.114 e. The molecule has 0 spiro atoms. The normalized spacial score (nSPS) is 13.8. The molecule has 0 aliphatic heterocycles. The van der Waals surface area contributed by atoms with Gasteiger partial charge in [0.15, 0.2) is 0 Å². The molecule has 1 N–H and O–H groups in total. The SMILES string of the molecule is CNC(C)(C)OC(C)(C)C. The minimum absolute atomic E-state index is 0.0769. The summed E-state index contributed by atoms with van der Waals surface area (Å²) in [5.41, 5.74) is -0.301.